The molecule has 5 N–H and O–H groups in total. The molecule has 30 heavy (non-hydrogen) atoms. The van der Waals surface area contributed by atoms with E-state index in [0.717, 1.165) is 6.92 Å². The van der Waals surface area contributed by atoms with Crippen molar-refractivity contribution in [3.8, 4) is 5.75 Å². The first kappa shape index (κ1) is 20.1. The first-order valence-electron chi connectivity index (χ1n) is 9.09. The smallest absolute Gasteiger partial charge is 0.303 e. The highest BCUT2D eigenvalue weighted by Gasteiger charge is 2.61. The lowest BCUT2D eigenvalue weighted by molar-refractivity contribution is -0.504. The van der Waals surface area contributed by atoms with Crippen molar-refractivity contribution in [3.63, 3.8) is 0 Å². The summed E-state index contributed by atoms with van der Waals surface area (Å²) in [5, 5.41) is 44.4. The number of esters is 1. The minimum atomic E-state index is -2.02. The van der Waals surface area contributed by atoms with E-state index in [-0.39, 0.29) is 33.4 Å². The molecule has 0 fully saturated rings. The van der Waals surface area contributed by atoms with Crippen molar-refractivity contribution in [3.05, 3.63) is 57.1 Å². The van der Waals surface area contributed by atoms with Gasteiger partial charge in [-0.1, -0.05) is 12.1 Å². The summed E-state index contributed by atoms with van der Waals surface area (Å²) < 4.78 is 5.09. The van der Waals surface area contributed by atoms with Crippen LogP contribution in [-0.4, -0.2) is 67.9 Å². The minimum Gasteiger partial charge on any atom is -0.508 e. The maximum Gasteiger partial charge on any atom is 0.303 e. The molecule has 0 radical (unpaired) electrons. The molecule has 0 bridgehead atoms. The van der Waals surface area contributed by atoms with Gasteiger partial charge in [0.2, 0.25) is 5.78 Å². The molecule has 156 valence electrons. The summed E-state index contributed by atoms with van der Waals surface area (Å²) in [7, 11) is 0. The van der Waals surface area contributed by atoms with Crippen LogP contribution in [0.15, 0.2) is 40.5 Å². The van der Waals surface area contributed by atoms with Gasteiger partial charge < -0.3 is 35.8 Å². The molecule has 1 aromatic rings. The molecule has 0 aromatic heterocycles. The number of benzene rings is 1. The average Bonchev–Trinajstić information content (AvgIpc) is 3.04. The molecule has 4 rings (SSSR count). The molecule has 0 amide bonds. The number of aliphatic hydroxyl groups is 3. The maximum atomic E-state index is 13.2. The van der Waals surface area contributed by atoms with Gasteiger partial charge >= 0.3 is 5.97 Å². The van der Waals surface area contributed by atoms with Gasteiger partial charge in [0.15, 0.2) is 17.4 Å². The van der Waals surface area contributed by atoms with Crippen LogP contribution in [0, 0.1) is 0 Å². The molecule has 10 nitrogen and oxygen atoms in total. The quantitative estimate of drug-likeness (QED) is 0.280. The Morgan fingerprint density at radius 2 is 1.83 bits per heavy atom. The van der Waals surface area contributed by atoms with E-state index in [1.807, 2.05) is 5.11 Å². The van der Waals surface area contributed by atoms with E-state index in [4.69, 9.17) is 4.74 Å². The molecule has 3 aliphatic rings. The summed E-state index contributed by atoms with van der Waals surface area (Å²) >= 11 is 0. The van der Waals surface area contributed by atoms with E-state index in [1.54, 1.807) is 0 Å². The number of phenols is 1. The fourth-order valence-corrected chi connectivity index (χ4v) is 4.60. The summed E-state index contributed by atoms with van der Waals surface area (Å²) in [6, 6.07) is 2.48. The number of Topliss-reactive ketones (excluding diaryl/α,β-unsaturated/α-hetero) is 2. The van der Waals surface area contributed by atoms with Gasteiger partial charge in [0.25, 0.3) is 0 Å². The van der Waals surface area contributed by atoms with Crippen LogP contribution >= 0.6 is 0 Å². The third kappa shape index (κ3) is 2.32. The van der Waals surface area contributed by atoms with Crippen LogP contribution in [0.4, 0.5) is 0 Å². The highest BCUT2D eigenvalue weighted by atomic mass is 16.6. The minimum absolute atomic E-state index is 0.117. The van der Waals surface area contributed by atoms with Crippen LogP contribution in [-0.2, 0) is 9.53 Å². The van der Waals surface area contributed by atoms with E-state index in [2.05, 4.69) is 0 Å². The summed E-state index contributed by atoms with van der Waals surface area (Å²) in [5.41, 5.74) is 6.39. The Morgan fingerprint density at radius 3 is 2.43 bits per heavy atom. The first-order chi connectivity index (χ1) is 14.1. The number of nitrogens with zero attached hydrogens (tertiary/aromatic N) is 1. The largest absolute Gasteiger partial charge is 0.508 e. The van der Waals surface area contributed by atoms with E-state index in [0.29, 0.717) is 0 Å². The van der Waals surface area contributed by atoms with Crippen molar-refractivity contribution in [2.75, 3.05) is 0 Å². The third-order valence-corrected chi connectivity index (χ3v) is 5.95. The number of hydrogen-bond acceptors (Lipinski definition) is 8. The topological polar surface area (TPSA) is 178 Å². The lowest BCUT2D eigenvalue weighted by Crippen LogP contribution is -2.75. The van der Waals surface area contributed by atoms with E-state index in [9.17, 15) is 40.3 Å². The normalized spacial score (nSPS) is 32.6. The Balaban J connectivity index is 1.96. The molecule has 0 saturated carbocycles. The zero-order chi connectivity index (χ0) is 22.1. The number of aliphatic hydroxyl groups excluding tert-OH is 3. The second-order valence-corrected chi connectivity index (χ2v) is 7.65. The Bertz CT molecular complexity index is 1100. The van der Waals surface area contributed by atoms with Gasteiger partial charge in [-0.05, 0) is 13.0 Å². The molecular weight excluding hydrogens is 396 g/mol. The van der Waals surface area contributed by atoms with Gasteiger partial charge in [-0.15, -0.1) is 0 Å². The Kier molecular flexibility index (Phi) is 4.28. The van der Waals surface area contributed by atoms with Gasteiger partial charge in [-0.25, -0.2) is 0 Å². The highest BCUT2D eigenvalue weighted by molar-refractivity contribution is 6.30. The second kappa shape index (κ2) is 6.39. The Hall–Kier alpha value is -3.21. The SMILES string of the molecule is CC(=O)O[C@]1(C)[C@H](O)C2=C(C3=C(C(=O)c4c(O)cccc4C3=O)C2[NH+]=[N-])[C@H](O)[C@H]1O. The Labute approximate surface area is 169 Å². The summed E-state index contributed by atoms with van der Waals surface area (Å²) in [5.74, 6) is -2.80. The number of aromatic hydroxyl groups is 1. The molecule has 1 aromatic carbocycles. The molecule has 1 unspecified atom stereocenters. The molecule has 3 aliphatic carbocycles. The number of ketones is 2. The molecule has 0 aliphatic heterocycles. The van der Waals surface area contributed by atoms with Crippen molar-refractivity contribution in [1.82, 2.24) is 0 Å². The molecule has 0 saturated heterocycles. The monoisotopic (exact) mass is 414 g/mol. The van der Waals surface area contributed by atoms with Crippen LogP contribution < -0.4 is 5.11 Å². The van der Waals surface area contributed by atoms with E-state index >= 15 is 0 Å². The fraction of sp³-hybridized carbons (Fsp3) is 0.350. The molecule has 5 atom stereocenters. The van der Waals surface area contributed by atoms with Gasteiger partial charge in [0.1, 0.15) is 24.1 Å². The van der Waals surface area contributed by atoms with Crippen LogP contribution in [0.25, 0.3) is 5.53 Å². The summed E-state index contributed by atoms with van der Waals surface area (Å²) in [4.78, 5) is 37.9. The Morgan fingerprint density at radius 1 is 1.17 bits per heavy atom. The van der Waals surface area contributed by atoms with Crippen molar-refractivity contribution in [2.24, 2.45) is 0 Å². The number of rotatable bonds is 2. The van der Waals surface area contributed by atoms with Crippen LogP contribution in [0.1, 0.15) is 34.6 Å². The highest BCUT2D eigenvalue weighted by Crippen LogP contribution is 2.49. The number of ether oxygens (including phenoxy) is 1. The predicted octanol–water partition coefficient (Wildman–Crippen LogP) is -1.73. The van der Waals surface area contributed by atoms with Gasteiger partial charge in [0.05, 0.1) is 11.1 Å². The molecule has 0 spiro atoms. The first-order valence-corrected chi connectivity index (χ1v) is 9.09. The molecule has 10 heteroatoms. The molecule has 0 heterocycles. The number of carbonyl (C=O) groups excluding carboxylic acids is 3. The third-order valence-electron chi connectivity index (χ3n) is 5.95. The second-order valence-electron chi connectivity index (χ2n) is 7.65. The van der Waals surface area contributed by atoms with Gasteiger partial charge in [-0.2, -0.15) is 0 Å². The standard InChI is InChI=1S/C20H18N2O8/c1-6(23)30-20(2)18(28)13-11(17(27)19(20)29)10-12(14(13)22-21)16(26)9-7(15(10)25)4-3-5-8(9)24/h3-5,14,17-19,22,24,27-29H,1-2H3/t14?,17-,18+,19+,20+/m0/s1. The van der Waals surface area contributed by atoms with Gasteiger partial charge in [-0.3, -0.25) is 14.4 Å². The van der Waals surface area contributed by atoms with E-state index < -0.39 is 53.2 Å². The van der Waals surface area contributed by atoms with Crippen LogP contribution in [0.3, 0.4) is 0 Å². The van der Waals surface area contributed by atoms with Crippen molar-refractivity contribution in [2.45, 2.75) is 43.8 Å². The van der Waals surface area contributed by atoms with Crippen LogP contribution in [0.5, 0.6) is 5.75 Å². The number of phenolic OH excluding ortho intramolecular Hbond substituents is 1. The lowest BCUT2D eigenvalue weighted by Gasteiger charge is -2.44. The number of hydrogen-bond donors (Lipinski definition) is 5. The zero-order valence-corrected chi connectivity index (χ0v) is 15.9. The molecular formula is C20H18N2O8. The van der Waals surface area contributed by atoms with Crippen molar-refractivity contribution >= 4 is 17.5 Å². The number of carbonyl (C=O) groups is 3. The summed E-state index contributed by atoms with van der Waals surface area (Å²) in [6.07, 6.45) is -5.43. The van der Waals surface area contributed by atoms with Crippen molar-refractivity contribution in [1.29, 1.82) is 0 Å². The van der Waals surface area contributed by atoms with Crippen LogP contribution in [0.2, 0.25) is 0 Å². The van der Waals surface area contributed by atoms with Crippen molar-refractivity contribution < 1.29 is 44.7 Å². The average molecular weight is 414 g/mol. The fourth-order valence-electron chi connectivity index (χ4n) is 4.60. The van der Waals surface area contributed by atoms with E-state index in [1.165, 1.54) is 25.1 Å². The maximum absolute atomic E-state index is 13.2. The number of nitrogens with one attached hydrogen (secondary N) is 1. The van der Waals surface area contributed by atoms with Gasteiger partial charge in [0, 0.05) is 29.2 Å². The summed E-state index contributed by atoms with van der Waals surface area (Å²) in [6.45, 7) is 2.24. The number of fused-ring (bicyclic) bond motifs is 2. The lowest BCUT2D eigenvalue weighted by atomic mass is 9.73. The zero-order valence-electron chi connectivity index (χ0n) is 15.9. The predicted molar refractivity (Wildman–Crippen MR) is 97.1 cm³/mol.